The summed E-state index contributed by atoms with van der Waals surface area (Å²) in [6.07, 6.45) is 0. The van der Waals surface area contributed by atoms with E-state index in [0.29, 0.717) is 43.2 Å². The fourth-order valence-corrected chi connectivity index (χ4v) is 5.26. The molecule has 11 heteroatoms. The number of carbonyl (C=O) groups is 1. The Morgan fingerprint density at radius 2 is 1.58 bits per heavy atom. The van der Waals surface area contributed by atoms with Crippen LogP contribution in [0, 0.1) is 0 Å². The van der Waals surface area contributed by atoms with Crippen LogP contribution < -0.4 is 9.62 Å². The van der Waals surface area contributed by atoms with Crippen LogP contribution in [0.15, 0.2) is 53.4 Å². The van der Waals surface area contributed by atoms with Gasteiger partial charge in [-0.2, -0.15) is 4.31 Å². The maximum Gasteiger partial charge on any atom is 0.255 e. The van der Waals surface area contributed by atoms with Crippen LogP contribution in [0.4, 0.5) is 11.4 Å². The maximum atomic E-state index is 12.7. The van der Waals surface area contributed by atoms with E-state index in [0.717, 1.165) is 0 Å². The number of anilines is 2. The number of hydrogen-bond donors (Lipinski definition) is 1. The predicted octanol–water partition coefficient (Wildman–Crippen LogP) is 1.75. The van der Waals surface area contributed by atoms with Crippen LogP contribution in [0.2, 0.25) is 0 Å². The van der Waals surface area contributed by atoms with Crippen LogP contribution >= 0.6 is 0 Å². The van der Waals surface area contributed by atoms with Crippen molar-refractivity contribution in [2.45, 2.75) is 11.8 Å². The highest BCUT2D eigenvalue weighted by Gasteiger charge is 2.26. The molecule has 0 spiro atoms. The number of amides is 1. The lowest BCUT2D eigenvalue weighted by molar-refractivity contribution is 0.0730. The van der Waals surface area contributed by atoms with Gasteiger partial charge in [0.25, 0.3) is 5.91 Å². The minimum absolute atomic E-state index is 0.0248. The van der Waals surface area contributed by atoms with Crippen LogP contribution in [0.3, 0.4) is 0 Å². The van der Waals surface area contributed by atoms with E-state index in [1.165, 1.54) is 52.1 Å². The first kappa shape index (κ1) is 23.2. The van der Waals surface area contributed by atoms with E-state index in [-0.39, 0.29) is 10.6 Å². The van der Waals surface area contributed by atoms with Gasteiger partial charge in [0.2, 0.25) is 20.0 Å². The van der Waals surface area contributed by atoms with E-state index in [2.05, 4.69) is 5.32 Å². The fraction of sp³-hybridized carbons (Fsp3) is 0.350. The van der Waals surface area contributed by atoms with Gasteiger partial charge in [-0.1, -0.05) is 0 Å². The van der Waals surface area contributed by atoms with Crippen molar-refractivity contribution in [2.75, 3.05) is 48.7 Å². The number of nitrogens with zero attached hydrogens (tertiary/aromatic N) is 2. The summed E-state index contributed by atoms with van der Waals surface area (Å²) in [6.45, 7) is 2.92. The second-order valence-electron chi connectivity index (χ2n) is 6.91. The normalized spacial score (nSPS) is 15.4. The Kier molecular flexibility index (Phi) is 6.99. The number of rotatable bonds is 7. The number of hydrogen-bond acceptors (Lipinski definition) is 6. The van der Waals surface area contributed by atoms with E-state index in [4.69, 9.17) is 4.74 Å². The van der Waals surface area contributed by atoms with Crippen LogP contribution in [-0.4, -0.2) is 66.2 Å². The second-order valence-corrected chi connectivity index (χ2v) is 11.1. The summed E-state index contributed by atoms with van der Waals surface area (Å²) in [5, 5.41) is 2.71. The lowest BCUT2D eigenvalue weighted by Crippen LogP contribution is -2.40. The van der Waals surface area contributed by atoms with E-state index < -0.39 is 26.0 Å². The van der Waals surface area contributed by atoms with Gasteiger partial charge < -0.3 is 10.1 Å². The Bertz CT molecular complexity index is 1120. The molecule has 0 atom stereocenters. The third-order valence-electron chi connectivity index (χ3n) is 5.00. The van der Waals surface area contributed by atoms with Gasteiger partial charge in [-0.3, -0.25) is 9.10 Å². The molecule has 1 heterocycles. The van der Waals surface area contributed by atoms with Gasteiger partial charge in [0.05, 0.1) is 29.5 Å². The van der Waals surface area contributed by atoms with Crippen molar-refractivity contribution >= 4 is 37.3 Å². The first-order valence-electron chi connectivity index (χ1n) is 9.71. The first-order chi connectivity index (χ1) is 14.6. The van der Waals surface area contributed by atoms with E-state index in [1.807, 2.05) is 0 Å². The molecule has 0 aliphatic carbocycles. The molecule has 168 valence electrons. The molecule has 9 nitrogen and oxygen atoms in total. The molecule has 0 unspecified atom stereocenters. The van der Waals surface area contributed by atoms with Crippen molar-refractivity contribution in [3.8, 4) is 0 Å². The Hall–Kier alpha value is -2.47. The molecular weight excluding hydrogens is 442 g/mol. The summed E-state index contributed by atoms with van der Waals surface area (Å²) >= 11 is 0. The molecule has 0 aromatic heterocycles. The molecule has 3 rings (SSSR count). The average Bonchev–Trinajstić information content (AvgIpc) is 2.79. The van der Waals surface area contributed by atoms with Crippen LogP contribution in [0.5, 0.6) is 0 Å². The number of morpholine rings is 1. The maximum absolute atomic E-state index is 12.7. The quantitative estimate of drug-likeness (QED) is 0.664. The van der Waals surface area contributed by atoms with Gasteiger partial charge in [-0.05, 0) is 55.5 Å². The molecule has 1 fully saturated rings. The summed E-state index contributed by atoms with van der Waals surface area (Å²) in [6, 6.07) is 12.1. The number of ether oxygens (including phenoxy) is 1. The molecule has 2 aromatic carbocycles. The Morgan fingerprint density at radius 3 is 2.13 bits per heavy atom. The molecule has 0 saturated carbocycles. The molecule has 1 saturated heterocycles. The van der Waals surface area contributed by atoms with E-state index >= 15 is 0 Å². The smallest absolute Gasteiger partial charge is 0.255 e. The first-order valence-corrected chi connectivity index (χ1v) is 12.8. The molecule has 1 amide bonds. The average molecular weight is 468 g/mol. The van der Waals surface area contributed by atoms with Gasteiger partial charge in [-0.15, -0.1) is 0 Å². The zero-order valence-corrected chi connectivity index (χ0v) is 18.9. The van der Waals surface area contributed by atoms with Crippen molar-refractivity contribution in [3.05, 3.63) is 54.1 Å². The van der Waals surface area contributed by atoms with Crippen molar-refractivity contribution in [2.24, 2.45) is 0 Å². The van der Waals surface area contributed by atoms with Gasteiger partial charge in [0.15, 0.2) is 0 Å². The molecule has 0 radical (unpaired) electrons. The highest BCUT2D eigenvalue weighted by atomic mass is 32.2. The summed E-state index contributed by atoms with van der Waals surface area (Å²) in [5.74, 6) is -0.417. The van der Waals surface area contributed by atoms with Crippen molar-refractivity contribution in [3.63, 3.8) is 0 Å². The van der Waals surface area contributed by atoms with Crippen LogP contribution in [0.1, 0.15) is 17.3 Å². The Balaban J connectivity index is 1.68. The van der Waals surface area contributed by atoms with Crippen LogP contribution in [0.25, 0.3) is 0 Å². The molecule has 1 aliphatic rings. The second kappa shape index (κ2) is 9.35. The number of benzene rings is 2. The fourth-order valence-electron chi connectivity index (χ4n) is 3.03. The standard InChI is InChI=1S/C20H25N3O6S2/c1-3-30(25,26)22(2)18-8-4-16(5-9-18)20(24)21-17-6-10-19(11-7-17)31(27,28)23-12-14-29-15-13-23/h4-11H,3,12-15H2,1-2H3,(H,21,24). The number of sulfonamides is 2. The summed E-state index contributed by atoms with van der Waals surface area (Å²) < 4.78 is 57.0. The van der Waals surface area contributed by atoms with Crippen molar-refractivity contribution in [1.29, 1.82) is 0 Å². The van der Waals surface area contributed by atoms with Crippen molar-refractivity contribution in [1.82, 2.24) is 4.31 Å². The minimum atomic E-state index is -3.60. The molecule has 31 heavy (non-hydrogen) atoms. The largest absolute Gasteiger partial charge is 0.379 e. The highest BCUT2D eigenvalue weighted by Crippen LogP contribution is 2.21. The van der Waals surface area contributed by atoms with Gasteiger partial charge >= 0.3 is 0 Å². The topological polar surface area (TPSA) is 113 Å². The molecule has 0 bridgehead atoms. The number of carbonyl (C=O) groups excluding carboxylic acids is 1. The Labute approximate surface area is 182 Å². The lowest BCUT2D eigenvalue weighted by Gasteiger charge is -2.26. The van der Waals surface area contributed by atoms with E-state index in [9.17, 15) is 21.6 Å². The molecule has 1 aliphatic heterocycles. The third kappa shape index (κ3) is 5.24. The summed E-state index contributed by atoms with van der Waals surface area (Å²) in [7, 11) is -5.53. The van der Waals surface area contributed by atoms with E-state index in [1.54, 1.807) is 19.1 Å². The molecular formula is C20H25N3O6S2. The lowest BCUT2D eigenvalue weighted by atomic mass is 10.2. The third-order valence-corrected chi connectivity index (χ3v) is 8.68. The zero-order valence-electron chi connectivity index (χ0n) is 17.3. The minimum Gasteiger partial charge on any atom is -0.379 e. The Morgan fingerprint density at radius 1 is 1.00 bits per heavy atom. The highest BCUT2D eigenvalue weighted by molar-refractivity contribution is 7.92. The van der Waals surface area contributed by atoms with Gasteiger partial charge in [-0.25, -0.2) is 16.8 Å². The molecule has 2 aromatic rings. The SMILES string of the molecule is CCS(=O)(=O)N(C)c1ccc(C(=O)Nc2ccc(S(=O)(=O)N3CCOCC3)cc2)cc1. The van der Waals surface area contributed by atoms with Crippen LogP contribution in [-0.2, 0) is 24.8 Å². The monoisotopic (exact) mass is 467 g/mol. The van der Waals surface area contributed by atoms with Crippen molar-refractivity contribution < 1.29 is 26.4 Å². The molecule has 1 N–H and O–H groups in total. The zero-order chi connectivity index (χ0) is 22.6. The summed E-state index contributed by atoms with van der Waals surface area (Å²) in [5.41, 5.74) is 1.24. The van der Waals surface area contributed by atoms with Gasteiger partial charge in [0.1, 0.15) is 0 Å². The summed E-state index contributed by atoms with van der Waals surface area (Å²) in [4.78, 5) is 12.6. The predicted molar refractivity (Wildman–Crippen MR) is 118 cm³/mol. The number of nitrogens with one attached hydrogen (secondary N) is 1. The van der Waals surface area contributed by atoms with Gasteiger partial charge in [0, 0.05) is 31.4 Å².